The number of fused-ring (bicyclic) bond motifs is 1. The average Bonchev–Trinajstić information content (AvgIpc) is 3.27. The van der Waals surface area contributed by atoms with Crippen LogP contribution in [0.3, 0.4) is 0 Å². The van der Waals surface area contributed by atoms with Crippen molar-refractivity contribution in [1.29, 1.82) is 0 Å². The van der Waals surface area contributed by atoms with E-state index in [1.165, 1.54) is 17.8 Å². The third-order valence-corrected chi connectivity index (χ3v) is 6.75. The molecule has 0 aliphatic heterocycles. The average molecular weight is 470 g/mol. The molecule has 1 heterocycles. The van der Waals surface area contributed by atoms with Crippen LogP contribution in [0.5, 0.6) is 11.5 Å². The molecule has 7 heteroatoms. The van der Waals surface area contributed by atoms with Crippen LogP contribution in [0.4, 0.5) is 5.13 Å². The quantitative estimate of drug-likeness (QED) is 0.293. The van der Waals surface area contributed by atoms with Crippen LogP contribution < -0.4 is 14.4 Å². The molecule has 0 saturated heterocycles. The third-order valence-electron chi connectivity index (χ3n) is 5.71. The van der Waals surface area contributed by atoms with Gasteiger partial charge in [-0.25, -0.2) is 4.98 Å². The summed E-state index contributed by atoms with van der Waals surface area (Å²) in [5, 5.41) is 0.704. The largest absolute Gasteiger partial charge is 0.497 e. The summed E-state index contributed by atoms with van der Waals surface area (Å²) in [4.78, 5) is 22.4. The lowest BCUT2D eigenvalue weighted by atomic mass is 10.2. The summed E-state index contributed by atoms with van der Waals surface area (Å²) < 4.78 is 12.2. The number of amides is 1. The highest BCUT2D eigenvalue weighted by Crippen LogP contribution is 2.32. The van der Waals surface area contributed by atoms with Gasteiger partial charge < -0.3 is 14.4 Å². The summed E-state index contributed by atoms with van der Waals surface area (Å²) in [6, 6.07) is 13.2. The van der Waals surface area contributed by atoms with Crippen molar-refractivity contribution in [1.82, 2.24) is 9.88 Å². The predicted molar refractivity (Wildman–Crippen MR) is 137 cm³/mol. The number of aromatic nitrogens is 1. The first kappa shape index (κ1) is 25.0. The fourth-order valence-electron chi connectivity index (χ4n) is 3.59. The molecule has 0 aliphatic carbocycles. The number of anilines is 1. The number of likely N-dealkylation sites (N-methyl/N-ethyl adjacent to an activating group) is 1. The number of thiazole rings is 1. The van der Waals surface area contributed by atoms with Gasteiger partial charge in [0.25, 0.3) is 5.91 Å². The van der Waals surface area contributed by atoms with Gasteiger partial charge in [-0.1, -0.05) is 44.9 Å². The third kappa shape index (κ3) is 6.68. The van der Waals surface area contributed by atoms with Crippen LogP contribution in [-0.2, 0) is 0 Å². The van der Waals surface area contributed by atoms with Gasteiger partial charge in [0.1, 0.15) is 11.5 Å². The van der Waals surface area contributed by atoms with Crippen molar-refractivity contribution in [2.75, 3.05) is 44.8 Å². The minimum Gasteiger partial charge on any atom is -0.497 e. The van der Waals surface area contributed by atoms with Crippen molar-refractivity contribution in [3.05, 3.63) is 48.0 Å². The number of carbonyl (C=O) groups is 1. The monoisotopic (exact) mass is 469 g/mol. The van der Waals surface area contributed by atoms with Gasteiger partial charge in [0.15, 0.2) is 5.13 Å². The molecule has 3 aromatic rings. The SMILES string of the molecule is CCCCCOc1ccc(C(=O)N(CCN(CC)CC)c2nc3ccc(OC)cc3s2)cc1. The summed E-state index contributed by atoms with van der Waals surface area (Å²) in [6.45, 7) is 10.4. The number of methoxy groups -OCH3 is 1. The Kier molecular flexibility index (Phi) is 9.51. The molecule has 1 amide bonds. The second-order valence-electron chi connectivity index (χ2n) is 7.89. The number of benzene rings is 2. The second kappa shape index (κ2) is 12.6. The zero-order valence-electron chi connectivity index (χ0n) is 20.2. The Morgan fingerprint density at radius 3 is 2.36 bits per heavy atom. The van der Waals surface area contributed by atoms with Crippen molar-refractivity contribution < 1.29 is 14.3 Å². The summed E-state index contributed by atoms with van der Waals surface area (Å²) in [5.41, 5.74) is 1.50. The van der Waals surface area contributed by atoms with Gasteiger partial charge in [0.05, 0.1) is 23.9 Å². The lowest BCUT2D eigenvalue weighted by Gasteiger charge is -2.24. The molecule has 1 aromatic heterocycles. The molecule has 0 unspecified atom stereocenters. The van der Waals surface area contributed by atoms with Crippen LogP contribution in [0.2, 0.25) is 0 Å². The summed E-state index contributed by atoms with van der Waals surface area (Å²) in [6.07, 6.45) is 3.36. The lowest BCUT2D eigenvalue weighted by Crippen LogP contribution is -2.38. The fourth-order valence-corrected chi connectivity index (χ4v) is 4.61. The molecule has 178 valence electrons. The van der Waals surface area contributed by atoms with E-state index in [0.717, 1.165) is 54.2 Å². The van der Waals surface area contributed by atoms with Crippen molar-refractivity contribution in [2.24, 2.45) is 0 Å². The Morgan fingerprint density at radius 2 is 1.70 bits per heavy atom. The molecule has 0 bridgehead atoms. The molecule has 0 atom stereocenters. The molecule has 0 N–H and O–H groups in total. The van der Waals surface area contributed by atoms with Crippen LogP contribution in [0, 0.1) is 0 Å². The van der Waals surface area contributed by atoms with E-state index in [4.69, 9.17) is 14.5 Å². The fraction of sp³-hybridized carbons (Fsp3) is 0.462. The zero-order valence-corrected chi connectivity index (χ0v) is 21.0. The highest BCUT2D eigenvalue weighted by Gasteiger charge is 2.22. The van der Waals surface area contributed by atoms with Gasteiger partial charge in [-0.05, 0) is 62.0 Å². The van der Waals surface area contributed by atoms with E-state index in [1.807, 2.05) is 42.5 Å². The molecule has 6 nitrogen and oxygen atoms in total. The van der Waals surface area contributed by atoms with Crippen LogP contribution in [0.1, 0.15) is 50.4 Å². The smallest absolute Gasteiger partial charge is 0.260 e. The molecule has 0 fully saturated rings. The molecule has 2 aromatic carbocycles. The molecule has 0 spiro atoms. The van der Waals surface area contributed by atoms with E-state index in [-0.39, 0.29) is 5.91 Å². The maximum atomic E-state index is 13.6. The Hall–Kier alpha value is -2.64. The van der Waals surface area contributed by atoms with Crippen molar-refractivity contribution in [3.8, 4) is 11.5 Å². The minimum absolute atomic E-state index is 0.0503. The van der Waals surface area contributed by atoms with E-state index in [2.05, 4.69) is 25.7 Å². The molecule has 0 aliphatic rings. The normalized spacial score (nSPS) is 11.2. The first-order valence-corrected chi connectivity index (χ1v) is 12.6. The zero-order chi connectivity index (χ0) is 23.6. The number of nitrogens with zero attached hydrogens (tertiary/aromatic N) is 3. The Balaban J connectivity index is 1.82. The lowest BCUT2D eigenvalue weighted by molar-refractivity contribution is 0.0983. The number of ether oxygens (including phenoxy) is 2. The van der Waals surface area contributed by atoms with E-state index in [1.54, 1.807) is 12.0 Å². The first-order valence-electron chi connectivity index (χ1n) is 11.8. The van der Waals surface area contributed by atoms with Crippen LogP contribution in [-0.4, -0.2) is 55.7 Å². The number of carbonyl (C=O) groups excluding carboxylic acids is 1. The van der Waals surface area contributed by atoms with Crippen molar-refractivity contribution in [2.45, 2.75) is 40.0 Å². The highest BCUT2D eigenvalue weighted by molar-refractivity contribution is 7.22. The molecule has 0 saturated carbocycles. The summed E-state index contributed by atoms with van der Waals surface area (Å²) in [5.74, 6) is 1.53. The van der Waals surface area contributed by atoms with E-state index < -0.39 is 0 Å². The molecular weight excluding hydrogens is 434 g/mol. The summed E-state index contributed by atoms with van der Waals surface area (Å²) >= 11 is 1.51. The van der Waals surface area contributed by atoms with E-state index >= 15 is 0 Å². The Morgan fingerprint density at radius 1 is 0.970 bits per heavy atom. The highest BCUT2D eigenvalue weighted by atomic mass is 32.1. The number of hydrogen-bond donors (Lipinski definition) is 0. The maximum Gasteiger partial charge on any atom is 0.260 e. The topological polar surface area (TPSA) is 54.9 Å². The molecular formula is C26H35N3O3S. The summed E-state index contributed by atoms with van der Waals surface area (Å²) in [7, 11) is 1.65. The standard InChI is InChI=1S/C26H35N3O3S/c1-5-8-9-18-32-21-12-10-20(11-13-21)25(30)29(17-16-28(6-2)7-3)26-27-23-15-14-22(31-4)19-24(23)33-26/h10-15,19H,5-9,16-18H2,1-4H3. The van der Waals surface area contributed by atoms with Crippen LogP contribution in [0.15, 0.2) is 42.5 Å². The van der Waals surface area contributed by atoms with E-state index in [0.29, 0.717) is 23.8 Å². The molecule has 33 heavy (non-hydrogen) atoms. The maximum absolute atomic E-state index is 13.6. The van der Waals surface area contributed by atoms with E-state index in [9.17, 15) is 4.79 Å². The number of unbranched alkanes of at least 4 members (excludes halogenated alkanes) is 2. The minimum atomic E-state index is -0.0503. The number of hydrogen-bond acceptors (Lipinski definition) is 6. The Labute approximate surface area is 201 Å². The molecule has 3 rings (SSSR count). The van der Waals surface area contributed by atoms with Gasteiger partial charge in [-0.2, -0.15) is 0 Å². The van der Waals surface area contributed by atoms with Crippen LogP contribution in [0.25, 0.3) is 10.2 Å². The van der Waals surface area contributed by atoms with Gasteiger partial charge in [-0.3, -0.25) is 9.69 Å². The van der Waals surface area contributed by atoms with Gasteiger partial charge in [0.2, 0.25) is 0 Å². The van der Waals surface area contributed by atoms with Gasteiger partial charge >= 0.3 is 0 Å². The van der Waals surface area contributed by atoms with Gasteiger partial charge in [0, 0.05) is 18.7 Å². The first-order chi connectivity index (χ1) is 16.1. The molecule has 0 radical (unpaired) electrons. The predicted octanol–water partition coefficient (Wildman–Crippen LogP) is 5.86. The Bertz CT molecular complexity index is 1020. The van der Waals surface area contributed by atoms with Crippen molar-refractivity contribution in [3.63, 3.8) is 0 Å². The van der Waals surface area contributed by atoms with Gasteiger partial charge in [-0.15, -0.1) is 0 Å². The van der Waals surface area contributed by atoms with Crippen LogP contribution >= 0.6 is 11.3 Å². The second-order valence-corrected chi connectivity index (χ2v) is 8.90. The van der Waals surface area contributed by atoms with Crippen molar-refractivity contribution >= 4 is 32.6 Å². The number of rotatable bonds is 13.